The highest BCUT2D eigenvalue weighted by molar-refractivity contribution is 7.80. The first-order chi connectivity index (χ1) is 9.03. The number of methoxy groups -OCH3 is 2. The molecule has 0 fully saturated rings. The van der Waals surface area contributed by atoms with Crippen molar-refractivity contribution >= 4 is 28.8 Å². The molecule has 1 amide bonds. The lowest BCUT2D eigenvalue weighted by Gasteiger charge is -2.14. The van der Waals surface area contributed by atoms with Crippen molar-refractivity contribution in [3.63, 3.8) is 0 Å². The summed E-state index contributed by atoms with van der Waals surface area (Å²) in [6, 6.07) is 4.87. The van der Waals surface area contributed by atoms with E-state index in [9.17, 15) is 4.79 Å². The molecule has 0 aliphatic carbocycles. The lowest BCUT2D eigenvalue weighted by Crippen LogP contribution is -2.17. The lowest BCUT2D eigenvalue weighted by molar-refractivity contribution is -0.115. The van der Waals surface area contributed by atoms with Crippen molar-refractivity contribution in [3.8, 4) is 17.6 Å². The Hall–Kier alpha value is -2.33. The van der Waals surface area contributed by atoms with Gasteiger partial charge in [0.25, 0.3) is 0 Å². The van der Waals surface area contributed by atoms with E-state index in [-0.39, 0.29) is 11.4 Å². The minimum atomic E-state index is -0.452. The standard InChI is InChI=1S/C12H13N3O3S/c1-17-9-5-7(12(14)19)8(6-10(9)18-2)15-11(16)3-4-13/h5-6H,3H2,1-2H3,(H2,14,19)(H,15,16). The molecule has 0 aromatic heterocycles. The van der Waals surface area contributed by atoms with Gasteiger partial charge in [0.2, 0.25) is 5.91 Å². The number of nitrogens with two attached hydrogens (primary N) is 1. The number of nitrogens with one attached hydrogen (secondary N) is 1. The molecule has 0 aliphatic rings. The monoisotopic (exact) mass is 279 g/mol. The molecule has 1 aromatic carbocycles. The van der Waals surface area contributed by atoms with Gasteiger partial charge in [-0.3, -0.25) is 4.79 Å². The van der Waals surface area contributed by atoms with E-state index < -0.39 is 5.91 Å². The third-order valence-electron chi connectivity index (χ3n) is 2.30. The Morgan fingerprint density at radius 3 is 2.47 bits per heavy atom. The average Bonchev–Trinajstić information content (AvgIpc) is 2.38. The topological polar surface area (TPSA) is 97.4 Å². The van der Waals surface area contributed by atoms with Crippen molar-refractivity contribution in [2.24, 2.45) is 5.73 Å². The van der Waals surface area contributed by atoms with Crippen LogP contribution in [0.5, 0.6) is 11.5 Å². The second-order valence-corrected chi connectivity index (χ2v) is 3.94. The van der Waals surface area contributed by atoms with Crippen LogP contribution in [0.1, 0.15) is 12.0 Å². The zero-order valence-electron chi connectivity index (χ0n) is 10.5. The molecule has 0 unspecified atom stereocenters. The minimum absolute atomic E-state index is 0.105. The Morgan fingerprint density at radius 2 is 2.00 bits per heavy atom. The van der Waals surface area contributed by atoms with Crippen LogP contribution < -0.4 is 20.5 Å². The van der Waals surface area contributed by atoms with Crippen LogP contribution in [0.25, 0.3) is 0 Å². The van der Waals surface area contributed by atoms with E-state index in [0.29, 0.717) is 22.7 Å². The number of nitrogens with zero attached hydrogens (tertiary/aromatic N) is 1. The Morgan fingerprint density at radius 1 is 1.42 bits per heavy atom. The molecule has 1 rings (SSSR count). The molecule has 100 valence electrons. The number of carbonyl (C=O) groups is 1. The Balaban J connectivity index is 3.24. The SMILES string of the molecule is COc1cc(NC(=O)CC#N)c(C(N)=S)cc1OC. The Bertz CT molecular complexity index is 552. The molecule has 0 spiro atoms. The van der Waals surface area contributed by atoms with Gasteiger partial charge in [-0.1, -0.05) is 12.2 Å². The number of carbonyl (C=O) groups excluding carboxylic acids is 1. The van der Waals surface area contributed by atoms with Crippen LogP contribution >= 0.6 is 12.2 Å². The van der Waals surface area contributed by atoms with Crippen LogP contribution in [0.15, 0.2) is 12.1 Å². The molecule has 3 N–H and O–H groups in total. The van der Waals surface area contributed by atoms with Gasteiger partial charge in [0.1, 0.15) is 11.4 Å². The number of anilines is 1. The second kappa shape index (κ2) is 6.56. The van der Waals surface area contributed by atoms with Crippen LogP contribution in [0.2, 0.25) is 0 Å². The van der Waals surface area contributed by atoms with Crippen molar-refractivity contribution in [1.29, 1.82) is 5.26 Å². The number of hydrogen-bond acceptors (Lipinski definition) is 5. The summed E-state index contributed by atoms with van der Waals surface area (Å²) in [5, 5.41) is 11.0. The molecule has 1 aromatic rings. The van der Waals surface area contributed by atoms with Gasteiger partial charge < -0.3 is 20.5 Å². The number of nitriles is 1. The van der Waals surface area contributed by atoms with Crippen LogP contribution in [-0.2, 0) is 4.79 Å². The molecule has 0 aliphatic heterocycles. The van der Waals surface area contributed by atoms with Crippen molar-refractivity contribution in [2.75, 3.05) is 19.5 Å². The van der Waals surface area contributed by atoms with Gasteiger partial charge in [-0.05, 0) is 6.07 Å². The van der Waals surface area contributed by atoms with Crippen LogP contribution in [-0.4, -0.2) is 25.1 Å². The Labute approximate surface area is 116 Å². The first kappa shape index (κ1) is 14.7. The van der Waals surface area contributed by atoms with E-state index >= 15 is 0 Å². The summed E-state index contributed by atoms with van der Waals surface area (Å²) in [7, 11) is 2.95. The van der Waals surface area contributed by atoms with E-state index in [4.69, 9.17) is 32.7 Å². The fraction of sp³-hybridized carbons (Fsp3) is 0.250. The van der Waals surface area contributed by atoms with Crippen molar-refractivity contribution in [2.45, 2.75) is 6.42 Å². The van der Waals surface area contributed by atoms with Gasteiger partial charge >= 0.3 is 0 Å². The largest absolute Gasteiger partial charge is 0.493 e. The average molecular weight is 279 g/mol. The summed E-state index contributed by atoms with van der Waals surface area (Å²) >= 11 is 4.92. The summed E-state index contributed by atoms with van der Waals surface area (Å²) < 4.78 is 10.3. The Kier molecular flexibility index (Phi) is 5.09. The van der Waals surface area contributed by atoms with E-state index in [1.807, 2.05) is 0 Å². The van der Waals surface area contributed by atoms with Gasteiger partial charge in [-0.25, -0.2) is 0 Å². The third-order valence-corrected chi connectivity index (χ3v) is 2.52. The smallest absolute Gasteiger partial charge is 0.238 e. The highest BCUT2D eigenvalue weighted by Gasteiger charge is 2.14. The zero-order valence-corrected chi connectivity index (χ0v) is 11.3. The van der Waals surface area contributed by atoms with E-state index in [1.54, 1.807) is 18.2 Å². The molecule has 0 saturated carbocycles. The summed E-state index contributed by atoms with van der Waals surface area (Å²) in [6.07, 6.45) is -0.259. The van der Waals surface area contributed by atoms with E-state index in [0.717, 1.165) is 0 Å². The summed E-state index contributed by atoms with van der Waals surface area (Å²) in [5.74, 6) is 0.422. The summed E-state index contributed by atoms with van der Waals surface area (Å²) in [5.41, 5.74) is 6.42. The van der Waals surface area contributed by atoms with Crippen LogP contribution in [0.4, 0.5) is 5.69 Å². The van der Waals surface area contributed by atoms with E-state index in [2.05, 4.69) is 5.32 Å². The van der Waals surface area contributed by atoms with Crippen molar-refractivity contribution in [3.05, 3.63) is 17.7 Å². The first-order valence-electron chi connectivity index (χ1n) is 5.26. The lowest BCUT2D eigenvalue weighted by atomic mass is 10.1. The maximum absolute atomic E-state index is 11.5. The number of benzene rings is 1. The van der Waals surface area contributed by atoms with Crippen LogP contribution in [0, 0.1) is 11.3 Å². The molecule has 7 heteroatoms. The zero-order chi connectivity index (χ0) is 14.4. The molecule has 0 heterocycles. The van der Waals surface area contributed by atoms with Gasteiger partial charge in [-0.2, -0.15) is 5.26 Å². The van der Waals surface area contributed by atoms with Crippen molar-refractivity contribution in [1.82, 2.24) is 0 Å². The maximum Gasteiger partial charge on any atom is 0.238 e. The molecular formula is C12H13N3O3S. The number of thiocarbonyl (C=S) groups is 1. The van der Waals surface area contributed by atoms with Crippen LogP contribution in [0.3, 0.4) is 0 Å². The quantitative estimate of drug-likeness (QED) is 0.786. The molecule has 0 radical (unpaired) electrons. The second-order valence-electron chi connectivity index (χ2n) is 3.50. The van der Waals surface area contributed by atoms with Gasteiger partial charge in [0.05, 0.1) is 26.0 Å². The summed E-state index contributed by atoms with van der Waals surface area (Å²) in [4.78, 5) is 11.6. The fourth-order valence-electron chi connectivity index (χ4n) is 1.45. The molecule has 0 bridgehead atoms. The van der Waals surface area contributed by atoms with E-state index in [1.165, 1.54) is 14.2 Å². The molecule has 6 nitrogen and oxygen atoms in total. The highest BCUT2D eigenvalue weighted by atomic mass is 32.1. The maximum atomic E-state index is 11.5. The number of ether oxygens (including phenoxy) is 2. The summed E-state index contributed by atoms with van der Waals surface area (Å²) in [6.45, 7) is 0. The molecule has 0 atom stereocenters. The predicted octanol–water partition coefficient (Wildman–Crippen LogP) is 1.19. The number of hydrogen-bond donors (Lipinski definition) is 2. The molecular weight excluding hydrogens is 266 g/mol. The van der Waals surface area contributed by atoms with Gasteiger partial charge in [-0.15, -0.1) is 0 Å². The number of rotatable bonds is 5. The first-order valence-corrected chi connectivity index (χ1v) is 5.67. The third kappa shape index (κ3) is 3.56. The van der Waals surface area contributed by atoms with Crippen molar-refractivity contribution < 1.29 is 14.3 Å². The molecule has 0 saturated heterocycles. The highest BCUT2D eigenvalue weighted by Crippen LogP contribution is 2.33. The number of amides is 1. The predicted molar refractivity (Wildman–Crippen MR) is 74.3 cm³/mol. The fourth-order valence-corrected chi connectivity index (χ4v) is 1.62. The van der Waals surface area contributed by atoms with Gasteiger partial charge in [0.15, 0.2) is 11.5 Å². The van der Waals surface area contributed by atoms with Gasteiger partial charge in [0, 0.05) is 11.6 Å². The minimum Gasteiger partial charge on any atom is -0.493 e. The normalized spacial score (nSPS) is 9.32. The molecule has 19 heavy (non-hydrogen) atoms.